The van der Waals surface area contributed by atoms with Gasteiger partial charge >= 0.3 is 5.97 Å². The first-order valence-corrected chi connectivity index (χ1v) is 3.27. The van der Waals surface area contributed by atoms with Gasteiger partial charge in [-0.05, 0) is 13.0 Å². The Morgan fingerprint density at radius 2 is 2.50 bits per heavy atom. The van der Waals surface area contributed by atoms with Gasteiger partial charge in [-0.2, -0.15) is 0 Å². The van der Waals surface area contributed by atoms with Gasteiger partial charge in [-0.15, -0.1) is 0 Å². The van der Waals surface area contributed by atoms with E-state index in [4.69, 9.17) is 5.73 Å². The van der Waals surface area contributed by atoms with E-state index >= 15 is 0 Å². The Balaban J connectivity index is 2.58. The van der Waals surface area contributed by atoms with Crippen LogP contribution in [0, 0.1) is 0 Å². The Morgan fingerprint density at radius 1 is 1.80 bits per heavy atom. The van der Waals surface area contributed by atoms with E-state index in [1.54, 1.807) is 0 Å². The number of ether oxygens (including phenoxy) is 1. The number of carbonyl (C=O) groups is 1. The van der Waals surface area contributed by atoms with Crippen LogP contribution in [0.5, 0.6) is 0 Å². The number of rotatable bonds is 1. The van der Waals surface area contributed by atoms with Gasteiger partial charge < -0.3 is 15.8 Å². The van der Waals surface area contributed by atoms with Crippen LogP contribution in [0.1, 0.15) is 6.42 Å². The minimum atomic E-state index is -0.769. The third kappa shape index (κ3) is 1.12. The minimum Gasteiger partial charge on any atom is -0.468 e. The number of nitrogens with two attached hydrogens (primary N) is 1. The first-order valence-electron chi connectivity index (χ1n) is 3.27. The van der Waals surface area contributed by atoms with Crippen LogP contribution in [0.3, 0.4) is 0 Å². The zero-order valence-electron chi connectivity index (χ0n) is 6.02. The normalized spacial score (nSPS) is 32.2. The zero-order valence-corrected chi connectivity index (χ0v) is 6.02. The number of nitrogens with one attached hydrogen (secondary N) is 1. The first-order chi connectivity index (χ1) is 4.69. The van der Waals surface area contributed by atoms with Gasteiger partial charge in [0.25, 0.3) is 0 Å². The molecule has 0 spiro atoms. The van der Waals surface area contributed by atoms with Gasteiger partial charge in [-0.1, -0.05) is 0 Å². The summed E-state index contributed by atoms with van der Waals surface area (Å²) in [7, 11) is 1.36. The lowest BCUT2D eigenvalue weighted by atomic mass is 10.0. The third-order valence-electron chi connectivity index (χ3n) is 1.78. The number of hydrogen-bond acceptors (Lipinski definition) is 4. The Morgan fingerprint density at radius 3 is 2.90 bits per heavy atom. The van der Waals surface area contributed by atoms with Crippen molar-refractivity contribution in [3.8, 4) is 0 Å². The third-order valence-corrected chi connectivity index (χ3v) is 1.78. The van der Waals surface area contributed by atoms with E-state index in [-0.39, 0.29) is 5.97 Å². The number of esters is 1. The standard InChI is InChI=1S/C6H12N2O2/c1-10-5(9)6(7)2-3-8-4-6/h8H,2-4,7H2,1H3. The van der Waals surface area contributed by atoms with Crippen LogP contribution in [0.25, 0.3) is 0 Å². The molecule has 0 bridgehead atoms. The van der Waals surface area contributed by atoms with Crippen molar-refractivity contribution in [1.82, 2.24) is 5.32 Å². The van der Waals surface area contributed by atoms with Gasteiger partial charge in [0.15, 0.2) is 0 Å². The van der Waals surface area contributed by atoms with Crippen LogP contribution < -0.4 is 11.1 Å². The van der Waals surface area contributed by atoms with Crippen molar-refractivity contribution < 1.29 is 9.53 Å². The van der Waals surface area contributed by atoms with Crippen LogP contribution in [-0.2, 0) is 9.53 Å². The highest BCUT2D eigenvalue weighted by atomic mass is 16.5. The zero-order chi connectivity index (χ0) is 7.61. The predicted octanol–water partition coefficient (Wildman–Crippen LogP) is -1.15. The van der Waals surface area contributed by atoms with Crippen molar-refractivity contribution in [3.05, 3.63) is 0 Å². The summed E-state index contributed by atoms with van der Waals surface area (Å²) < 4.78 is 4.53. The van der Waals surface area contributed by atoms with E-state index in [1.807, 2.05) is 0 Å². The molecule has 4 heteroatoms. The summed E-state index contributed by atoms with van der Waals surface area (Å²) in [6.45, 7) is 1.32. The van der Waals surface area contributed by atoms with Gasteiger partial charge in [-0.3, -0.25) is 4.79 Å². The van der Waals surface area contributed by atoms with E-state index in [9.17, 15) is 4.79 Å². The molecular formula is C6H12N2O2. The lowest BCUT2D eigenvalue weighted by Crippen LogP contribution is -2.50. The molecule has 1 aliphatic rings. The van der Waals surface area contributed by atoms with Gasteiger partial charge in [0, 0.05) is 6.54 Å². The van der Waals surface area contributed by atoms with E-state index in [0.717, 1.165) is 6.54 Å². The Labute approximate surface area is 59.7 Å². The second kappa shape index (κ2) is 2.56. The second-order valence-corrected chi connectivity index (χ2v) is 2.57. The molecule has 3 N–H and O–H groups in total. The fourth-order valence-electron chi connectivity index (χ4n) is 1.09. The highest BCUT2D eigenvalue weighted by Gasteiger charge is 2.37. The monoisotopic (exact) mass is 144 g/mol. The summed E-state index contributed by atoms with van der Waals surface area (Å²) in [6, 6.07) is 0. The second-order valence-electron chi connectivity index (χ2n) is 2.57. The lowest BCUT2D eigenvalue weighted by Gasteiger charge is -2.18. The van der Waals surface area contributed by atoms with E-state index in [0.29, 0.717) is 13.0 Å². The lowest BCUT2D eigenvalue weighted by molar-refractivity contribution is -0.146. The van der Waals surface area contributed by atoms with E-state index in [1.165, 1.54) is 7.11 Å². The van der Waals surface area contributed by atoms with Gasteiger partial charge in [0.2, 0.25) is 0 Å². The molecule has 0 aromatic rings. The molecule has 1 fully saturated rings. The summed E-state index contributed by atoms with van der Waals surface area (Å²) in [5.41, 5.74) is 4.91. The highest BCUT2D eigenvalue weighted by molar-refractivity contribution is 5.81. The van der Waals surface area contributed by atoms with Crippen molar-refractivity contribution in [3.63, 3.8) is 0 Å². The van der Waals surface area contributed by atoms with Gasteiger partial charge in [0.1, 0.15) is 5.54 Å². The highest BCUT2D eigenvalue weighted by Crippen LogP contribution is 2.11. The Bertz CT molecular complexity index is 141. The minimum absolute atomic E-state index is 0.322. The summed E-state index contributed by atoms with van der Waals surface area (Å²) in [6.07, 6.45) is 0.666. The maximum atomic E-state index is 10.9. The molecule has 1 aliphatic heterocycles. The summed E-state index contributed by atoms with van der Waals surface area (Å²) in [5, 5.41) is 3.00. The van der Waals surface area contributed by atoms with Crippen molar-refractivity contribution in [2.24, 2.45) is 5.73 Å². The molecule has 0 aliphatic carbocycles. The average molecular weight is 144 g/mol. The fraction of sp³-hybridized carbons (Fsp3) is 0.833. The molecule has 0 radical (unpaired) electrons. The molecule has 1 unspecified atom stereocenters. The quantitative estimate of drug-likeness (QED) is 0.456. The van der Waals surface area contributed by atoms with Crippen molar-refractivity contribution in [2.75, 3.05) is 20.2 Å². The molecule has 1 atom stereocenters. The summed E-state index contributed by atoms with van der Waals surface area (Å²) >= 11 is 0. The number of hydrogen-bond donors (Lipinski definition) is 2. The topological polar surface area (TPSA) is 64.3 Å². The number of carbonyl (C=O) groups excluding carboxylic acids is 1. The molecule has 0 aromatic heterocycles. The summed E-state index contributed by atoms with van der Waals surface area (Å²) in [5.74, 6) is -0.322. The van der Waals surface area contributed by atoms with Gasteiger partial charge in [-0.25, -0.2) is 0 Å². The maximum absolute atomic E-state index is 10.9. The van der Waals surface area contributed by atoms with Crippen LogP contribution in [-0.4, -0.2) is 31.7 Å². The van der Waals surface area contributed by atoms with Crippen LogP contribution in [0.2, 0.25) is 0 Å². The van der Waals surface area contributed by atoms with Crippen LogP contribution >= 0.6 is 0 Å². The largest absolute Gasteiger partial charge is 0.468 e. The molecule has 1 rings (SSSR count). The average Bonchev–Trinajstić information content (AvgIpc) is 2.36. The molecule has 0 amide bonds. The van der Waals surface area contributed by atoms with Crippen molar-refractivity contribution in [1.29, 1.82) is 0 Å². The predicted molar refractivity (Wildman–Crippen MR) is 36.4 cm³/mol. The molecule has 4 nitrogen and oxygen atoms in total. The van der Waals surface area contributed by atoms with E-state index in [2.05, 4.69) is 10.1 Å². The van der Waals surface area contributed by atoms with Gasteiger partial charge in [0.05, 0.1) is 7.11 Å². The smallest absolute Gasteiger partial charge is 0.327 e. The molecule has 10 heavy (non-hydrogen) atoms. The molecule has 1 saturated heterocycles. The SMILES string of the molecule is COC(=O)C1(N)CCNC1. The molecule has 0 saturated carbocycles. The first kappa shape index (κ1) is 7.50. The maximum Gasteiger partial charge on any atom is 0.327 e. The fourth-order valence-corrected chi connectivity index (χ4v) is 1.09. The molecule has 0 aromatic carbocycles. The van der Waals surface area contributed by atoms with Crippen molar-refractivity contribution in [2.45, 2.75) is 12.0 Å². The van der Waals surface area contributed by atoms with Crippen LogP contribution in [0.4, 0.5) is 0 Å². The molecule has 1 heterocycles. The summed E-state index contributed by atoms with van der Waals surface area (Å²) in [4.78, 5) is 10.9. The van der Waals surface area contributed by atoms with Crippen LogP contribution in [0.15, 0.2) is 0 Å². The van der Waals surface area contributed by atoms with E-state index < -0.39 is 5.54 Å². The number of methoxy groups -OCH3 is 1. The van der Waals surface area contributed by atoms with Crippen molar-refractivity contribution >= 4 is 5.97 Å². The Kier molecular flexibility index (Phi) is 1.92. The molecular weight excluding hydrogens is 132 g/mol. The Hall–Kier alpha value is -0.610. The molecule has 58 valence electrons.